The summed E-state index contributed by atoms with van der Waals surface area (Å²) in [6, 6.07) is 3.72. The second kappa shape index (κ2) is 6.67. The summed E-state index contributed by atoms with van der Waals surface area (Å²) in [5, 5.41) is 3.26. The van der Waals surface area contributed by atoms with Crippen molar-refractivity contribution in [3.05, 3.63) is 24.2 Å². The Morgan fingerprint density at radius 1 is 1.59 bits per heavy atom. The van der Waals surface area contributed by atoms with Crippen LogP contribution in [0.1, 0.15) is 25.0 Å². The highest BCUT2D eigenvalue weighted by molar-refractivity contribution is 5.85. The van der Waals surface area contributed by atoms with Crippen LogP contribution in [-0.2, 0) is 11.3 Å². The normalized spacial score (nSPS) is 19.5. The average Bonchev–Trinajstić information content (AvgIpc) is 2.82. The van der Waals surface area contributed by atoms with Gasteiger partial charge in [-0.2, -0.15) is 0 Å². The minimum absolute atomic E-state index is 0. The molecule has 1 aromatic rings. The summed E-state index contributed by atoms with van der Waals surface area (Å²) in [4.78, 5) is 13.8. The van der Waals surface area contributed by atoms with Gasteiger partial charge in [-0.25, -0.2) is 0 Å². The molecule has 0 unspecified atom stereocenters. The van der Waals surface area contributed by atoms with E-state index in [0.29, 0.717) is 6.54 Å². The van der Waals surface area contributed by atoms with Crippen molar-refractivity contribution < 1.29 is 9.21 Å². The molecule has 4 nitrogen and oxygen atoms in total. The van der Waals surface area contributed by atoms with Crippen molar-refractivity contribution in [2.24, 2.45) is 0 Å². The van der Waals surface area contributed by atoms with Crippen LogP contribution in [0.3, 0.4) is 0 Å². The van der Waals surface area contributed by atoms with E-state index in [1.54, 1.807) is 11.2 Å². The summed E-state index contributed by atoms with van der Waals surface area (Å²) in [5.41, 5.74) is 0. The first-order chi connectivity index (χ1) is 7.77. The zero-order valence-electron chi connectivity index (χ0n) is 10.0. The van der Waals surface area contributed by atoms with Gasteiger partial charge in [-0.05, 0) is 31.5 Å². The highest BCUT2D eigenvalue weighted by atomic mass is 35.5. The monoisotopic (exact) mass is 258 g/mol. The van der Waals surface area contributed by atoms with Crippen molar-refractivity contribution >= 4 is 18.3 Å². The van der Waals surface area contributed by atoms with Gasteiger partial charge in [-0.1, -0.05) is 6.42 Å². The van der Waals surface area contributed by atoms with Crippen molar-refractivity contribution in [3.8, 4) is 0 Å². The second-order valence-electron chi connectivity index (χ2n) is 4.28. The lowest BCUT2D eigenvalue weighted by Gasteiger charge is -2.26. The van der Waals surface area contributed by atoms with Crippen LogP contribution in [0.2, 0.25) is 0 Å². The quantitative estimate of drug-likeness (QED) is 0.899. The summed E-state index contributed by atoms with van der Waals surface area (Å²) >= 11 is 0. The third kappa shape index (κ3) is 3.75. The lowest BCUT2D eigenvalue weighted by molar-refractivity contribution is -0.133. The maximum absolute atomic E-state index is 12.0. The zero-order chi connectivity index (χ0) is 11.4. The maximum atomic E-state index is 12.0. The molecule has 0 bridgehead atoms. The second-order valence-corrected chi connectivity index (χ2v) is 4.28. The number of amides is 1. The summed E-state index contributed by atoms with van der Waals surface area (Å²) in [6.45, 7) is 1.50. The van der Waals surface area contributed by atoms with Gasteiger partial charge in [0, 0.05) is 7.05 Å². The molecule has 1 aliphatic rings. The number of furan rings is 1. The largest absolute Gasteiger partial charge is 0.467 e. The molecule has 0 spiro atoms. The topological polar surface area (TPSA) is 45.5 Å². The Balaban J connectivity index is 0.00000144. The summed E-state index contributed by atoms with van der Waals surface area (Å²) in [7, 11) is 1.82. The Labute approximate surface area is 108 Å². The number of piperidine rings is 1. The van der Waals surface area contributed by atoms with E-state index in [2.05, 4.69) is 5.32 Å². The molecule has 1 aromatic heterocycles. The van der Waals surface area contributed by atoms with Gasteiger partial charge in [0.1, 0.15) is 5.76 Å². The number of likely N-dealkylation sites (N-methyl/N-ethyl adjacent to an activating group) is 1. The smallest absolute Gasteiger partial charge is 0.239 e. The predicted octanol–water partition coefficient (Wildman–Crippen LogP) is 1.80. The van der Waals surface area contributed by atoms with Crippen LogP contribution < -0.4 is 5.32 Å². The first kappa shape index (κ1) is 14.1. The van der Waals surface area contributed by atoms with Crippen molar-refractivity contribution in [2.45, 2.75) is 31.8 Å². The molecule has 17 heavy (non-hydrogen) atoms. The molecule has 5 heteroatoms. The van der Waals surface area contributed by atoms with Crippen LogP contribution in [0.5, 0.6) is 0 Å². The van der Waals surface area contributed by atoms with Gasteiger partial charge in [0.25, 0.3) is 0 Å². The van der Waals surface area contributed by atoms with Gasteiger partial charge in [-0.3, -0.25) is 4.79 Å². The maximum Gasteiger partial charge on any atom is 0.239 e. The van der Waals surface area contributed by atoms with E-state index in [0.717, 1.165) is 25.1 Å². The summed E-state index contributed by atoms with van der Waals surface area (Å²) < 4.78 is 5.23. The van der Waals surface area contributed by atoms with E-state index >= 15 is 0 Å². The molecule has 0 saturated carbocycles. The van der Waals surface area contributed by atoms with Crippen LogP contribution >= 0.6 is 12.4 Å². The van der Waals surface area contributed by atoms with E-state index in [-0.39, 0.29) is 24.4 Å². The standard InChI is InChI=1S/C12H18N2O2.ClH/c1-14(9-10-5-4-8-16-10)12(15)11-6-2-3-7-13-11;/h4-5,8,11,13H,2-3,6-7,9H2,1H3;1H/t11-;/m0./s1. The molecular weight excluding hydrogens is 240 g/mol. The third-order valence-corrected chi connectivity index (χ3v) is 2.96. The molecule has 1 atom stereocenters. The van der Waals surface area contributed by atoms with Crippen LogP contribution in [0, 0.1) is 0 Å². The number of carbonyl (C=O) groups is 1. The average molecular weight is 259 g/mol. The van der Waals surface area contributed by atoms with E-state index in [4.69, 9.17) is 4.42 Å². The number of hydrogen-bond acceptors (Lipinski definition) is 3. The molecule has 1 aliphatic heterocycles. The van der Waals surface area contributed by atoms with E-state index < -0.39 is 0 Å². The van der Waals surface area contributed by atoms with Crippen molar-refractivity contribution in [2.75, 3.05) is 13.6 Å². The van der Waals surface area contributed by atoms with Crippen LogP contribution in [-0.4, -0.2) is 30.4 Å². The Kier molecular flexibility index (Phi) is 5.51. The Bertz CT molecular complexity index is 334. The van der Waals surface area contributed by atoms with Crippen LogP contribution in [0.25, 0.3) is 0 Å². The first-order valence-electron chi connectivity index (χ1n) is 5.78. The Morgan fingerprint density at radius 2 is 2.41 bits per heavy atom. The predicted molar refractivity (Wildman–Crippen MR) is 68.1 cm³/mol. The lowest BCUT2D eigenvalue weighted by atomic mass is 10.0. The van der Waals surface area contributed by atoms with Crippen LogP contribution in [0.15, 0.2) is 22.8 Å². The molecule has 0 aromatic carbocycles. The fraction of sp³-hybridized carbons (Fsp3) is 0.583. The number of nitrogens with zero attached hydrogens (tertiary/aromatic N) is 1. The van der Waals surface area contributed by atoms with Gasteiger partial charge in [0.05, 0.1) is 18.8 Å². The van der Waals surface area contributed by atoms with E-state index in [1.807, 2.05) is 19.2 Å². The number of hydrogen-bond donors (Lipinski definition) is 1. The molecular formula is C12H19ClN2O2. The molecule has 0 radical (unpaired) electrons. The fourth-order valence-electron chi connectivity index (χ4n) is 2.04. The van der Waals surface area contributed by atoms with E-state index in [1.165, 1.54) is 6.42 Å². The van der Waals surface area contributed by atoms with Crippen molar-refractivity contribution in [3.63, 3.8) is 0 Å². The lowest BCUT2D eigenvalue weighted by Crippen LogP contribution is -2.46. The number of rotatable bonds is 3. The van der Waals surface area contributed by atoms with Gasteiger partial charge in [0.2, 0.25) is 5.91 Å². The molecule has 96 valence electrons. The van der Waals surface area contributed by atoms with Gasteiger partial charge < -0.3 is 14.6 Å². The first-order valence-corrected chi connectivity index (χ1v) is 5.78. The van der Waals surface area contributed by atoms with Gasteiger partial charge >= 0.3 is 0 Å². The molecule has 1 fully saturated rings. The Morgan fingerprint density at radius 3 is 3.00 bits per heavy atom. The fourth-order valence-corrected chi connectivity index (χ4v) is 2.04. The minimum atomic E-state index is -0.00582. The van der Waals surface area contributed by atoms with Crippen molar-refractivity contribution in [1.29, 1.82) is 0 Å². The third-order valence-electron chi connectivity index (χ3n) is 2.96. The van der Waals surface area contributed by atoms with Gasteiger partial charge in [-0.15, -0.1) is 12.4 Å². The van der Waals surface area contributed by atoms with Crippen LogP contribution in [0.4, 0.5) is 0 Å². The number of halogens is 1. The molecule has 0 aliphatic carbocycles. The number of carbonyl (C=O) groups excluding carboxylic acids is 1. The Hall–Kier alpha value is -1.00. The molecule has 2 heterocycles. The summed E-state index contributed by atoms with van der Waals surface area (Å²) in [5.74, 6) is 0.989. The van der Waals surface area contributed by atoms with E-state index in [9.17, 15) is 4.79 Å². The minimum Gasteiger partial charge on any atom is -0.467 e. The molecule has 1 N–H and O–H groups in total. The summed E-state index contributed by atoms with van der Waals surface area (Å²) in [6.07, 6.45) is 4.89. The SMILES string of the molecule is CN(Cc1ccco1)C(=O)[C@@H]1CCCCN1.Cl. The molecule has 1 saturated heterocycles. The molecule has 2 rings (SSSR count). The highest BCUT2D eigenvalue weighted by Crippen LogP contribution is 2.11. The van der Waals surface area contributed by atoms with Gasteiger partial charge in [0.15, 0.2) is 0 Å². The zero-order valence-corrected chi connectivity index (χ0v) is 10.8. The number of nitrogens with one attached hydrogen (secondary N) is 1. The molecule has 1 amide bonds. The highest BCUT2D eigenvalue weighted by Gasteiger charge is 2.23. The van der Waals surface area contributed by atoms with Crippen molar-refractivity contribution in [1.82, 2.24) is 10.2 Å².